The van der Waals surface area contributed by atoms with Crippen LogP contribution in [-0.2, 0) is 16.1 Å². The zero-order valence-corrected chi connectivity index (χ0v) is 14.9. The van der Waals surface area contributed by atoms with Crippen LogP contribution in [0.1, 0.15) is 66.6 Å². The van der Waals surface area contributed by atoms with Gasteiger partial charge in [-0.2, -0.15) is 0 Å². The van der Waals surface area contributed by atoms with Crippen LogP contribution in [0.5, 0.6) is 0 Å². The van der Waals surface area contributed by atoms with Gasteiger partial charge in [0.2, 0.25) is 12.3 Å². The summed E-state index contributed by atoms with van der Waals surface area (Å²) in [6.07, 6.45) is 4.11. The minimum Gasteiger partial charge on any atom is -0.331 e. The number of carbonyl (C=O) groups is 3. The molecule has 2 unspecified atom stereocenters. The minimum absolute atomic E-state index is 0.136. The molecule has 26 heavy (non-hydrogen) atoms. The first-order chi connectivity index (χ1) is 12.5. The standard InChI is InChI=1S/C19H24FN3O3/c1-12(5-6-17(25)22-11-24)23-10-14-8-13(16-4-2-3-7-21-16)9-15(20)18(14)19(23)26/h8-9,11-12,16,21H,2-7,10H2,1H3,(H,22,24,25). The summed E-state index contributed by atoms with van der Waals surface area (Å²) in [5.74, 6) is -1.18. The van der Waals surface area contributed by atoms with Gasteiger partial charge in [0.15, 0.2) is 0 Å². The highest BCUT2D eigenvalue weighted by atomic mass is 19.1. The van der Waals surface area contributed by atoms with Crippen molar-refractivity contribution in [3.05, 3.63) is 34.6 Å². The second kappa shape index (κ2) is 7.95. The summed E-state index contributed by atoms with van der Waals surface area (Å²) >= 11 is 0. The van der Waals surface area contributed by atoms with Crippen LogP contribution in [0.4, 0.5) is 4.39 Å². The molecule has 2 heterocycles. The van der Waals surface area contributed by atoms with Crippen LogP contribution in [0.15, 0.2) is 12.1 Å². The Morgan fingerprint density at radius 3 is 2.96 bits per heavy atom. The molecular weight excluding hydrogens is 337 g/mol. The summed E-state index contributed by atoms with van der Waals surface area (Å²) in [5, 5.41) is 5.49. The summed E-state index contributed by atoms with van der Waals surface area (Å²) in [5.41, 5.74) is 1.75. The van der Waals surface area contributed by atoms with Gasteiger partial charge in [0.1, 0.15) is 5.82 Å². The van der Waals surface area contributed by atoms with Crippen molar-refractivity contribution in [2.75, 3.05) is 6.54 Å². The van der Waals surface area contributed by atoms with Crippen LogP contribution in [-0.4, -0.2) is 35.7 Å². The van der Waals surface area contributed by atoms with Gasteiger partial charge in [-0.1, -0.05) is 12.5 Å². The Morgan fingerprint density at radius 2 is 2.27 bits per heavy atom. The second-order valence-corrected chi connectivity index (χ2v) is 7.05. The molecule has 3 amide bonds. The fourth-order valence-electron chi connectivity index (χ4n) is 3.78. The Kier molecular flexibility index (Phi) is 5.66. The average Bonchev–Trinajstić information content (AvgIpc) is 2.98. The molecule has 6 nitrogen and oxygen atoms in total. The number of nitrogens with zero attached hydrogens (tertiary/aromatic N) is 1. The van der Waals surface area contributed by atoms with Gasteiger partial charge >= 0.3 is 0 Å². The lowest BCUT2D eigenvalue weighted by Gasteiger charge is -2.24. The lowest BCUT2D eigenvalue weighted by molar-refractivity contribution is -0.125. The van der Waals surface area contributed by atoms with Crippen molar-refractivity contribution in [2.45, 2.75) is 57.7 Å². The molecule has 1 aromatic rings. The van der Waals surface area contributed by atoms with E-state index in [1.807, 2.05) is 13.0 Å². The van der Waals surface area contributed by atoms with Crippen LogP contribution in [0.3, 0.4) is 0 Å². The Balaban J connectivity index is 1.72. The van der Waals surface area contributed by atoms with Crippen molar-refractivity contribution < 1.29 is 18.8 Å². The van der Waals surface area contributed by atoms with Crippen molar-refractivity contribution in [1.29, 1.82) is 0 Å². The Labute approximate surface area is 152 Å². The number of imide groups is 1. The summed E-state index contributed by atoms with van der Waals surface area (Å²) in [7, 11) is 0. The third-order valence-electron chi connectivity index (χ3n) is 5.26. The minimum atomic E-state index is -0.469. The van der Waals surface area contributed by atoms with Gasteiger partial charge in [-0.3, -0.25) is 19.7 Å². The highest BCUT2D eigenvalue weighted by Crippen LogP contribution is 2.32. The number of carbonyl (C=O) groups excluding carboxylic acids is 3. The molecule has 2 aliphatic heterocycles. The third kappa shape index (κ3) is 3.77. The van der Waals surface area contributed by atoms with E-state index in [0.717, 1.165) is 31.4 Å². The number of nitrogens with one attached hydrogen (secondary N) is 2. The van der Waals surface area contributed by atoms with Crippen LogP contribution >= 0.6 is 0 Å². The van der Waals surface area contributed by atoms with E-state index in [0.29, 0.717) is 24.9 Å². The summed E-state index contributed by atoms with van der Waals surface area (Å²) < 4.78 is 14.6. The van der Waals surface area contributed by atoms with Gasteiger partial charge in [0.05, 0.1) is 5.56 Å². The summed E-state index contributed by atoms with van der Waals surface area (Å²) in [4.78, 5) is 35.9. The first-order valence-corrected chi connectivity index (χ1v) is 9.11. The van der Waals surface area contributed by atoms with Crippen molar-refractivity contribution in [3.63, 3.8) is 0 Å². The molecule has 1 fully saturated rings. The van der Waals surface area contributed by atoms with Gasteiger partial charge in [0.25, 0.3) is 5.91 Å². The van der Waals surface area contributed by atoms with Crippen molar-refractivity contribution in [3.8, 4) is 0 Å². The van der Waals surface area contributed by atoms with E-state index in [2.05, 4.69) is 10.6 Å². The molecule has 0 aliphatic carbocycles. The number of halogens is 1. The van der Waals surface area contributed by atoms with E-state index in [1.54, 1.807) is 4.90 Å². The number of piperidine rings is 1. The van der Waals surface area contributed by atoms with E-state index >= 15 is 0 Å². The van der Waals surface area contributed by atoms with E-state index in [4.69, 9.17) is 0 Å². The van der Waals surface area contributed by atoms with Gasteiger partial charge in [-0.25, -0.2) is 4.39 Å². The molecule has 1 saturated heterocycles. The number of benzene rings is 1. The SMILES string of the molecule is CC(CCC(=O)NC=O)N1Cc2cc(C3CCCCN3)cc(F)c2C1=O. The van der Waals surface area contributed by atoms with Gasteiger partial charge in [-0.15, -0.1) is 0 Å². The van der Waals surface area contributed by atoms with E-state index in [-0.39, 0.29) is 35.9 Å². The normalized spacial score (nSPS) is 20.6. The first-order valence-electron chi connectivity index (χ1n) is 9.11. The zero-order valence-electron chi connectivity index (χ0n) is 14.9. The maximum atomic E-state index is 14.6. The highest BCUT2D eigenvalue weighted by Gasteiger charge is 2.34. The molecule has 2 atom stereocenters. The van der Waals surface area contributed by atoms with Crippen LogP contribution < -0.4 is 10.6 Å². The van der Waals surface area contributed by atoms with Crippen LogP contribution in [0.2, 0.25) is 0 Å². The molecule has 0 saturated carbocycles. The number of fused-ring (bicyclic) bond motifs is 1. The van der Waals surface area contributed by atoms with E-state index in [9.17, 15) is 18.8 Å². The molecule has 2 N–H and O–H groups in total. The molecule has 0 spiro atoms. The quantitative estimate of drug-likeness (QED) is 0.760. The maximum absolute atomic E-state index is 14.6. The number of hydrogen-bond donors (Lipinski definition) is 2. The zero-order chi connectivity index (χ0) is 18.7. The predicted molar refractivity (Wildman–Crippen MR) is 93.8 cm³/mol. The molecule has 1 aromatic carbocycles. The predicted octanol–water partition coefficient (Wildman–Crippen LogP) is 2.04. The molecule has 140 valence electrons. The maximum Gasteiger partial charge on any atom is 0.257 e. The lowest BCUT2D eigenvalue weighted by Crippen LogP contribution is -2.34. The monoisotopic (exact) mass is 361 g/mol. The van der Waals surface area contributed by atoms with Gasteiger partial charge in [0, 0.05) is 25.0 Å². The third-order valence-corrected chi connectivity index (χ3v) is 5.26. The average molecular weight is 361 g/mol. The smallest absolute Gasteiger partial charge is 0.257 e. The molecule has 0 aromatic heterocycles. The topological polar surface area (TPSA) is 78.5 Å². The Bertz CT molecular complexity index is 716. The van der Waals surface area contributed by atoms with Crippen molar-refractivity contribution >= 4 is 18.2 Å². The number of amides is 3. The molecule has 0 radical (unpaired) electrons. The highest BCUT2D eigenvalue weighted by molar-refractivity contribution is 5.99. The van der Waals surface area contributed by atoms with Gasteiger partial charge < -0.3 is 10.2 Å². The van der Waals surface area contributed by atoms with Crippen molar-refractivity contribution in [1.82, 2.24) is 15.5 Å². The van der Waals surface area contributed by atoms with Crippen LogP contribution in [0, 0.1) is 5.82 Å². The van der Waals surface area contributed by atoms with Gasteiger partial charge in [-0.05, 0) is 49.9 Å². The number of rotatable bonds is 6. The fourth-order valence-corrected chi connectivity index (χ4v) is 3.78. The molecule has 2 aliphatic rings. The molecule has 3 rings (SSSR count). The Morgan fingerprint density at radius 1 is 1.46 bits per heavy atom. The fraction of sp³-hybridized carbons (Fsp3) is 0.526. The van der Waals surface area contributed by atoms with Crippen LogP contribution in [0.25, 0.3) is 0 Å². The largest absolute Gasteiger partial charge is 0.331 e. The summed E-state index contributed by atoms with van der Waals surface area (Å²) in [6, 6.07) is 3.33. The Hall–Kier alpha value is -2.28. The number of hydrogen-bond acceptors (Lipinski definition) is 4. The van der Waals surface area contributed by atoms with Crippen molar-refractivity contribution in [2.24, 2.45) is 0 Å². The molecular formula is C19H24FN3O3. The first kappa shape index (κ1) is 18.5. The molecule has 0 bridgehead atoms. The van der Waals surface area contributed by atoms with E-state index in [1.165, 1.54) is 6.07 Å². The molecule has 7 heteroatoms. The second-order valence-electron chi connectivity index (χ2n) is 7.05. The lowest BCUT2D eigenvalue weighted by atomic mass is 9.94. The van der Waals surface area contributed by atoms with E-state index < -0.39 is 5.82 Å². The summed E-state index contributed by atoms with van der Waals surface area (Å²) in [6.45, 7) is 3.11.